The fourth-order valence-corrected chi connectivity index (χ4v) is 5.94. The number of hydrogen-bond acceptors (Lipinski definition) is 10. The molecule has 0 saturated heterocycles. The molecule has 4 rings (SSSR count). The van der Waals surface area contributed by atoms with E-state index in [2.05, 4.69) is 6.07 Å². The number of esters is 1. The molecule has 1 atom stereocenters. The molecule has 2 N–H and O–H groups in total. The minimum Gasteiger partial charge on any atom is -0.493 e. The molecule has 3 aromatic rings. The Bertz CT molecular complexity index is 1790. The maximum absolute atomic E-state index is 13.7. The topological polar surface area (TPSA) is 135 Å². The third-order valence-electron chi connectivity index (χ3n) is 6.50. The fourth-order valence-electron chi connectivity index (χ4n) is 4.78. The van der Waals surface area contributed by atoms with Crippen molar-refractivity contribution in [1.29, 1.82) is 5.26 Å². The zero-order chi connectivity index (χ0) is 31.4. The first kappa shape index (κ1) is 31.3. The van der Waals surface area contributed by atoms with Gasteiger partial charge in [0.15, 0.2) is 23.0 Å². The van der Waals surface area contributed by atoms with Crippen molar-refractivity contribution in [2.75, 3.05) is 20.8 Å². The molecule has 0 bridgehead atoms. The van der Waals surface area contributed by atoms with Crippen LogP contribution in [-0.4, -0.2) is 43.6 Å². The summed E-state index contributed by atoms with van der Waals surface area (Å²) >= 11 is 1.09. The standard InChI is InChI=1S/C32H35N3O7S/c1-8-40-32(37)28-27(20-10-12-23(42-18(4)5)25(15-20)39-7)21(16-33)29(34)35-30(36)26(43-31(28)35)14-19-9-11-22(41-17(2)3)24(13-19)38-6/h9-15,17-18,27H,8,34H2,1-7H3. The monoisotopic (exact) mass is 605 g/mol. The number of fused-ring (bicyclic) bond motifs is 1. The maximum atomic E-state index is 13.7. The molecule has 1 aliphatic heterocycles. The smallest absolute Gasteiger partial charge is 0.338 e. The van der Waals surface area contributed by atoms with E-state index in [1.807, 2.05) is 27.7 Å². The molecule has 0 aliphatic carbocycles. The molecule has 43 heavy (non-hydrogen) atoms. The van der Waals surface area contributed by atoms with E-state index in [-0.39, 0.29) is 40.4 Å². The number of ether oxygens (including phenoxy) is 5. The van der Waals surface area contributed by atoms with E-state index >= 15 is 0 Å². The van der Waals surface area contributed by atoms with Crippen LogP contribution in [0.3, 0.4) is 0 Å². The van der Waals surface area contributed by atoms with Crippen molar-refractivity contribution < 1.29 is 28.5 Å². The maximum Gasteiger partial charge on any atom is 0.338 e. The van der Waals surface area contributed by atoms with Crippen molar-refractivity contribution in [2.24, 2.45) is 5.73 Å². The van der Waals surface area contributed by atoms with Gasteiger partial charge in [-0.2, -0.15) is 5.26 Å². The highest BCUT2D eigenvalue weighted by molar-refractivity contribution is 7.07. The predicted octanol–water partition coefficient (Wildman–Crippen LogP) is 3.49. The number of thiazole rings is 1. The fraction of sp³-hybridized carbons (Fsp3) is 0.344. The average molecular weight is 606 g/mol. The summed E-state index contributed by atoms with van der Waals surface area (Å²) in [5.41, 5.74) is 7.44. The van der Waals surface area contributed by atoms with E-state index in [0.717, 1.165) is 11.3 Å². The van der Waals surface area contributed by atoms with Crippen molar-refractivity contribution in [3.63, 3.8) is 0 Å². The Kier molecular flexibility index (Phi) is 9.51. The van der Waals surface area contributed by atoms with Gasteiger partial charge in [0.1, 0.15) is 10.5 Å². The molecule has 0 amide bonds. The van der Waals surface area contributed by atoms with Crippen LogP contribution in [0.5, 0.6) is 23.0 Å². The summed E-state index contributed by atoms with van der Waals surface area (Å²) in [6.07, 6.45) is 1.53. The highest BCUT2D eigenvalue weighted by Gasteiger charge is 2.37. The highest BCUT2D eigenvalue weighted by atomic mass is 32.1. The number of rotatable bonds is 10. The zero-order valence-corrected chi connectivity index (χ0v) is 26.0. The molecule has 11 heteroatoms. The van der Waals surface area contributed by atoms with E-state index in [1.54, 1.807) is 49.4 Å². The summed E-state index contributed by atoms with van der Waals surface area (Å²) in [7, 11) is 3.05. The van der Waals surface area contributed by atoms with Crippen LogP contribution >= 0.6 is 11.3 Å². The number of nitrogens with two attached hydrogens (primary N) is 1. The Morgan fingerprint density at radius 1 is 1.02 bits per heavy atom. The van der Waals surface area contributed by atoms with Crippen LogP contribution in [0.2, 0.25) is 0 Å². The van der Waals surface area contributed by atoms with Crippen molar-refractivity contribution in [1.82, 2.24) is 4.57 Å². The first-order valence-corrected chi connectivity index (χ1v) is 14.6. The highest BCUT2D eigenvalue weighted by Crippen LogP contribution is 2.40. The predicted molar refractivity (Wildman–Crippen MR) is 165 cm³/mol. The minimum absolute atomic E-state index is 0.0402. The first-order chi connectivity index (χ1) is 20.5. The summed E-state index contributed by atoms with van der Waals surface area (Å²) in [5.74, 6) is 0.382. The van der Waals surface area contributed by atoms with Crippen LogP contribution in [0.1, 0.15) is 51.7 Å². The molecule has 0 fully saturated rings. The van der Waals surface area contributed by atoms with Gasteiger partial charge in [-0.25, -0.2) is 4.79 Å². The van der Waals surface area contributed by atoms with Crippen LogP contribution in [0, 0.1) is 11.3 Å². The summed E-state index contributed by atoms with van der Waals surface area (Å²) in [6.45, 7) is 9.41. The van der Waals surface area contributed by atoms with Gasteiger partial charge in [0.05, 0.1) is 60.7 Å². The lowest BCUT2D eigenvalue weighted by Crippen LogP contribution is -2.40. The second-order valence-electron chi connectivity index (χ2n) is 10.2. The number of aromatic nitrogens is 1. The molecule has 1 unspecified atom stereocenters. The summed E-state index contributed by atoms with van der Waals surface area (Å²) in [6, 6.07) is 12.6. The van der Waals surface area contributed by atoms with Gasteiger partial charge in [0.2, 0.25) is 0 Å². The van der Waals surface area contributed by atoms with Gasteiger partial charge in [0, 0.05) is 0 Å². The normalized spacial score (nSPS) is 14.9. The average Bonchev–Trinajstić information content (AvgIpc) is 3.28. The molecule has 2 aromatic carbocycles. The third-order valence-corrected chi connectivity index (χ3v) is 7.60. The second kappa shape index (κ2) is 13.1. The molecule has 10 nitrogen and oxygen atoms in total. The molecule has 1 aliphatic rings. The van der Waals surface area contributed by atoms with Gasteiger partial charge in [-0.1, -0.05) is 12.1 Å². The minimum atomic E-state index is -0.912. The largest absolute Gasteiger partial charge is 0.493 e. The molecule has 2 heterocycles. The lowest BCUT2D eigenvalue weighted by molar-refractivity contribution is -0.136. The molecule has 0 radical (unpaired) electrons. The van der Waals surface area contributed by atoms with Gasteiger partial charge in [-0.3, -0.25) is 9.36 Å². The van der Waals surface area contributed by atoms with E-state index in [9.17, 15) is 14.9 Å². The van der Waals surface area contributed by atoms with E-state index in [0.29, 0.717) is 38.7 Å². The number of nitrogens with zero attached hydrogens (tertiary/aromatic N) is 2. The summed E-state index contributed by atoms with van der Waals surface area (Å²) < 4.78 is 29.9. The molecular formula is C32H35N3O7S. The van der Waals surface area contributed by atoms with Crippen molar-refractivity contribution in [2.45, 2.75) is 52.7 Å². The Hall–Kier alpha value is -4.69. The SMILES string of the molecule is CCOC(=O)C1=c2sc(=Cc3ccc(OC(C)C)c(OC)c3)c(=O)n2C(N)=C(C#N)C1c1ccc(OC(C)C)c(OC)c1. The van der Waals surface area contributed by atoms with Crippen LogP contribution in [0.25, 0.3) is 17.5 Å². The van der Waals surface area contributed by atoms with Crippen molar-refractivity contribution in [3.05, 3.63) is 72.6 Å². The number of hydrogen-bond donors (Lipinski definition) is 1. The molecule has 0 spiro atoms. The van der Waals surface area contributed by atoms with Gasteiger partial charge in [-0.15, -0.1) is 11.3 Å². The Morgan fingerprint density at radius 2 is 1.63 bits per heavy atom. The van der Waals surface area contributed by atoms with Gasteiger partial charge in [0.25, 0.3) is 5.56 Å². The van der Waals surface area contributed by atoms with E-state index < -0.39 is 17.4 Å². The number of allylic oxidation sites excluding steroid dienone is 1. The van der Waals surface area contributed by atoms with E-state index in [4.69, 9.17) is 29.4 Å². The molecule has 0 saturated carbocycles. The quantitative estimate of drug-likeness (QED) is 0.345. The zero-order valence-electron chi connectivity index (χ0n) is 25.2. The molecular weight excluding hydrogens is 570 g/mol. The van der Waals surface area contributed by atoms with Crippen molar-refractivity contribution in [3.8, 4) is 29.1 Å². The molecule has 226 valence electrons. The number of nitriles is 1. The number of carbonyl (C=O) groups is 1. The lowest BCUT2D eigenvalue weighted by atomic mass is 9.83. The summed E-state index contributed by atoms with van der Waals surface area (Å²) in [4.78, 5) is 27.3. The number of benzene rings is 2. The lowest BCUT2D eigenvalue weighted by Gasteiger charge is -2.25. The number of methoxy groups -OCH3 is 2. The Balaban J connectivity index is 1.99. The summed E-state index contributed by atoms with van der Waals surface area (Å²) in [5, 5.41) is 10.3. The van der Waals surface area contributed by atoms with Crippen LogP contribution in [0.15, 0.2) is 46.8 Å². The van der Waals surface area contributed by atoms with Crippen LogP contribution in [0.4, 0.5) is 0 Å². The van der Waals surface area contributed by atoms with E-state index in [1.165, 1.54) is 18.8 Å². The molecule has 1 aromatic heterocycles. The first-order valence-electron chi connectivity index (χ1n) is 13.8. The van der Waals surface area contributed by atoms with Crippen molar-refractivity contribution >= 4 is 34.8 Å². The third kappa shape index (κ3) is 6.24. The second-order valence-corrected chi connectivity index (χ2v) is 11.2. The number of carbonyl (C=O) groups excluding carboxylic acids is 1. The van der Waals surface area contributed by atoms with Crippen LogP contribution < -0.4 is 39.4 Å². The van der Waals surface area contributed by atoms with Crippen LogP contribution in [-0.2, 0) is 9.53 Å². The Labute approximate surface area is 253 Å². The van der Waals surface area contributed by atoms with Gasteiger partial charge < -0.3 is 29.4 Å². The van der Waals surface area contributed by atoms with Gasteiger partial charge in [-0.05, 0) is 76.1 Å². The Morgan fingerprint density at radius 3 is 2.19 bits per heavy atom. The van der Waals surface area contributed by atoms with Gasteiger partial charge >= 0.3 is 5.97 Å².